The summed E-state index contributed by atoms with van der Waals surface area (Å²) in [5, 5.41) is 9.85. The third-order valence-electron chi connectivity index (χ3n) is 8.45. The summed E-state index contributed by atoms with van der Waals surface area (Å²) >= 11 is 0. The van der Waals surface area contributed by atoms with Crippen molar-refractivity contribution >= 4 is 18.4 Å². The predicted molar refractivity (Wildman–Crippen MR) is 205 cm³/mol. The van der Waals surface area contributed by atoms with Gasteiger partial charge >= 0.3 is 0 Å². The second-order valence-electron chi connectivity index (χ2n) is 11.8. The van der Waals surface area contributed by atoms with Crippen molar-refractivity contribution in [3.63, 3.8) is 0 Å². The molecule has 3 nitrogen and oxygen atoms in total. The van der Waals surface area contributed by atoms with Crippen molar-refractivity contribution in [2.75, 3.05) is 6.54 Å². The average Bonchev–Trinajstić information content (AvgIpc) is 3.49. The van der Waals surface area contributed by atoms with Crippen LogP contribution in [0.2, 0.25) is 0 Å². The maximum Gasteiger partial charge on any atom is 0.128 e. The zero-order valence-corrected chi connectivity index (χ0v) is 27.9. The first kappa shape index (κ1) is 33.8. The molecule has 240 valence electrons. The first-order chi connectivity index (χ1) is 23.5. The van der Waals surface area contributed by atoms with Gasteiger partial charge in [0, 0.05) is 24.4 Å². The summed E-state index contributed by atoms with van der Waals surface area (Å²) in [6.45, 7) is 8.24. The Morgan fingerprint density at radius 1 is 0.771 bits per heavy atom. The molecule has 5 aromatic carbocycles. The molecule has 1 aliphatic heterocycles. The van der Waals surface area contributed by atoms with Crippen molar-refractivity contribution in [2.45, 2.75) is 32.3 Å². The van der Waals surface area contributed by atoms with E-state index >= 15 is 0 Å². The first-order valence-electron chi connectivity index (χ1n) is 16.5. The number of allylic oxidation sites excluding steroid dienone is 3. The number of fused-ring (bicyclic) bond motifs is 4. The molecule has 5 aromatic rings. The molecule has 2 aliphatic rings. The third kappa shape index (κ3) is 8.64. The topological polar surface area (TPSA) is 59.1 Å². The van der Waals surface area contributed by atoms with Gasteiger partial charge in [-0.2, -0.15) is 0 Å². The molecular formula is C45H44N2O. The highest BCUT2D eigenvalue weighted by molar-refractivity contribution is 5.71. The van der Waals surface area contributed by atoms with Crippen LogP contribution in [-0.2, 0) is 6.42 Å². The van der Waals surface area contributed by atoms with E-state index in [2.05, 4.69) is 141 Å². The van der Waals surface area contributed by atoms with Crippen molar-refractivity contribution in [3.05, 3.63) is 185 Å². The van der Waals surface area contributed by atoms with E-state index in [0.29, 0.717) is 13.0 Å². The Kier molecular flexibility index (Phi) is 11.9. The second-order valence-corrected chi connectivity index (χ2v) is 11.8. The van der Waals surface area contributed by atoms with Crippen LogP contribution in [0.3, 0.4) is 0 Å². The Morgan fingerprint density at radius 2 is 1.42 bits per heavy atom. The lowest BCUT2D eigenvalue weighted by Gasteiger charge is -2.15. The highest BCUT2D eigenvalue weighted by Gasteiger charge is 2.32. The average molecular weight is 629 g/mol. The number of nitrogens with one attached hydrogen (secondary N) is 1. The minimum atomic E-state index is 0.0828. The molecule has 0 spiro atoms. The molecule has 0 fully saturated rings. The summed E-state index contributed by atoms with van der Waals surface area (Å²) in [4.78, 5) is 0. The molecule has 48 heavy (non-hydrogen) atoms. The van der Waals surface area contributed by atoms with Crippen molar-refractivity contribution in [3.8, 4) is 28.0 Å². The fourth-order valence-corrected chi connectivity index (χ4v) is 5.81. The minimum absolute atomic E-state index is 0.0828. The van der Waals surface area contributed by atoms with Crippen molar-refractivity contribution in [2.24, 2.45) is 5.73 Å². The summed E-state index contributed by atoms with van der Waals surface area (Å²) in [6, 6.07) is 42.4. The lowest BCUT2D eigenvalue weighted by molar-refractivity contribution is 0.288. The zero-order chi connectivity index (χ0) is 33.7. The van der Waals surface area contributed by atoms with Crippen molar-refractivity contribution in [1.29, 1.82) is 5.41 Å². The maximum atomic E-state index is 7.31. The molecule has 0 amide bonds. The smallest absolute Gasteiger partial charge is 0.128 e. The van der Waals surface area contributed by atoms with Crippen LogP contribution in [0.1, 0.15) is 29.5 Å². The van der Waals surface area contributed by atoms with Gasteiger partial charge in [0.1, 0.15) is 11.9 Å². The van der Waals surface area contributed by atoms with Crippen LogP contribution < -0.4 is 20.9 Å². The zero-order valence-electron chi connectivity index (χ0n) is 27.9. The molecule has 0 saturated heterocycles. The van der Waals surface area contributed by atoms with Crippen LogP contribution in [0.4, 0.5) is 0 Å². The van der Waals surface area contributed by atoms with Crippen LogP contribution in [0, 0.1) is 12.3 Å². The Morgan fingerprint density at radius 3 is 2.10 bits per heavy atom. The highest BCUT2D eigenvalue weighted by Crippen LogP contribution is 2.42. The van der Waals surface area contributed by atoms with Gasteiger partial charge in [-0.05, 0) is 76.0 Å². The minimum Gasteiger partial charge on any atom is -0.485 e. The summed E-state index contributed by atoms with van der Waals surface area (Å²) in [5.74, 6) is 1.27. The van der Waals surface area contributed by atoms with Crippen LogP contribution in [-0.4, -0.2) is 18.9 Å². The SMILES string of the molecule is C=C/C(=C\C=C/C)CN.Cc1ccc(-c2ccccc2)cc1.N=CCc1cccc(-c2ccc3c(c2)OC2C=c4ccccc4=CC32)c1. The normalized spacial score (nSPS) is 15.4. The van der Waals surface area contributed by atoms with E-state index in [-0.39, 0.29) is 12.0 Å². The number of ether oxygens (including phenoxy) is 1. The van der Waals surface area contributed by atoms with E-state index in [4.69, 9.17) is 15.9 Å². The molecule has 3 N–H and O–H groups in total. The van der Waals surface area contributed by atoms with E-state index in [9.17, 15) is 0 Å². The van der Waals surface area contributed by atoms with Crippen molar-refractivity contribution in [1.82, 2.24) is 0 Å². The van der Waals surface area contributed by atoms with E-state index in [1.165, 1.54) is 44.5 Å². The van der Waals surface area contributed by atoms with Gasteiger partial charge < -0.3 is 15.9 Å². The van der Waals surface area contributed by atoms with E-state index in [0.717, 1.165) is 22.4 Å². The molecule has 2 atom stereocenters. The summed E-state index contributed by atoms with van der Waals surface area (Å²) in [5.41, 5.74) is 15.0. The molecule has 1 heterocycles. The first-order valence-corrected chi connectivity index (χ1v) is 16.5. The molecular weight excluding hydrogens is 585 g/mol. The van der Waals surface area contributed by atoms with Crippen LogP contribution in [0.5, 0.6) is 5.75 Å². The summed E-state index contributed by atoms with van der Waals surface area (Å²) in [6.07, 6.45) is 14.4. The van der Waals surface area contributed by atoms with Gasteiger partial charge in [-0.3, -0.25) is 0 Å². The van der Waals surface area contributed by atoms with Gasteiger partial charge in [0.2, 0.25) is 0 Å². The number of benzene rings is 5. The molecule has 0 saturated carbocycles. The van der Waals surface area contributed by atoms with Gasteiger partial charge in [-0.25, -0.2) is 0 Å². The Hall–Kier alpha value is -5.51. The fraction of sp³-hybridized carbons (Fsp3) is 0.133. The molecule has 0 radical (unpaired) electrons. The Labute approximate surface area is 285 Å². The standard InChI is InChI=1S/C24H19NO.C13H12.C8H13N/c25-11-10-16-4-3-7-17(12-16)20-8-9-21-22-13-18-5-1-2-6-19(18)14-24(22)26-23(21)15-20;1-11-7-9-13(10-8-11)12-5-3-2-4-6-12;1-3-5-6-8(4-2)7-9/h1-9,11-15,22,24-25H,10H2;2-10H,1H3;3-6H,2,7,9H2,1H3/b;;5-3-,8-6+. The van der Waals surface area contributed by atoms with Gasteiger partial charge in [-0.1, -0.05) is 158 Å². The van der Waals surface area contributed by atoms with E-state index in [1.807, 2.05) is 31.2 Å². The largest absolute Gasteiger partial charge is 0.485 e. The van der Waals surface area contributed by atoms with Gasteiger partial charge in [0.25, 0.3) is 0 Å². The summed E-state index contributed by atoms with van der Waals surface area (Å²) < 4.78 is 6.28. The number of rotatable bonds is 7. The van der Waals surface area contributed by atoms with E-state index < -0.39 is 0 Å². The molecule has 7 rings (SSSR count). The fourth-order valence-electron chi connectivity index (χ4n) is 5.81. The molecule has 0 bridgehead atoms. The number of hydrogen-bond donors (Lipinski definition) is 2. The van der Waals surface area contributed by atoms with Gasteiger partial charge in [-0.15, -0.1) is 0 Å². The number of hydrogen-bond acceptors (Lipinski definition) is 3. The van der Waals surface area contributed by atoms with Crippen LogP contribution in [0.15, 0.2) is 158 Å². The molecule has 0 aromatic heterocycles. The highest BCUT2D eigenvalue weighted by atomic mass is 16.5. The molecule has 1 aliphatic carbocycles. The lowest BCUT2D eigenvalue weighted by atomic mass is 9.89. The number of nitrogens with two attached hydrogens (primary N) is 1. The summed E-state index contributed by atoms with van der Waals surface area (Å²) in [7, 11) is 0. The van der Waals surface area contributed by atoms with E-state index in [1.54, 1.807) is 6.08 Å². The molecule has 2 unspecified atom stereocenters. The van der Waals surface area contributed by atoms with Gasteiger partial charge in [0.05, 0.1) is 0 Å². The second kappa shape index (κ2) is 16.9. The third-order valence-corrected chi connectivity index (χ3v) is 8.45. The Balaban J connectivity index is 0.000000171. The maximum absolute atomic E-state index is 7.31. The monoisotopic (exact) mass is 628 g/mol. The van der Waals surface area contributed by atoms with Crippen LogP contribution >= 0.6 is 0 Å². The van der Waals surface area contributed by atoms with Gasteiger partial charge in [0.15, 0.2) is 0 Å². The number of aryl methyl sites for hydroxylation is 1. The lowest BCUT2D eigenvalue weighted by Crippen LogP contribution is -2.33. The Bertz CT molecular complexity index is 2020. The predicted octanol–water partition coefficient (Wildman–Crippen LogP) is 8.96. The van der Waals surface area contributed by atoms with Crippen molar-refractivity contribution < 1.29 is 4.74 Å². The molecule has 3 heteroatoms. The van der Waals surface area contributed by atoms with Crippen LogP contribution in [0.25, 0.3) is 34.4 Å². The quantitative estimate of drug-likeness (QED) is 0.140.